The zero-order valence-corrected chi connectivity index (χ0v) is 11.4. The van der Waals surface area contributed by atoms with Crippen LogP contribution in [0.1, 0.15) is 10.4 Å². The number of pyridine rings is 1. The van der Waals surface area contributed by atoms with Crippen molar-refractivity contribution in [3.05, 3.63) is 28.5 Å². The number of amides is 1. The first-order chi connectivity index (χ1) is 8.63. The number of hydrogen-bond acceptors (Lipinski definition) is 5. The molecule has 1 N–H and O–H groups in total. The first-order valence-electron chi connectivity index (χ1n) is 5.17. The molecule has 0 atom stereocenters. The van der Waals surface area contributed by atoms with Gasteiger partial charge in [-0.25, -0.2) is 4.79 Å². The monoisotopic (exact) mass is 316 g/mol. The zero-order valence-electron chi connectivity index (χ0n) is 9.81. The van der Waals surface area contributed by atoms with Crippen molar-refractivity contribution in [1.29, 1.82) is 0 Å². The Hall–Kier alpha value is -1.47. The number of nitrogens with zero attached hydrogens (tertiary/aromatic N) is 1. The van der Waals surface area contributed by atoms with E-state index in [9.17, 15) is 9.59 Å². The van der Waals surface area contributed by atoms with Crippen LogP contribution in [0.25, 0.3) is 0 Å². The largest absolute Gasteiger partial charge is 0.452 e. The van der Waals surface area contributed by atoms with E-state index in [0.717, 1.165) is 0 Å². The molecule has 1 amide bonds. The van der Waals surface area contributed by atoms with Gasteiger partial charge >= 0.3 is 5.97 Å². The van der Waals surface area contributed by atoms with Crippen LogP contribution in [0.4, 0.5) is 0 Å². The number of rotatable bonds is 6. The molecular weight excluding hydrogens is 304 g/mol. The number of hydrogen-bond donors (Lipinski definition) is 1. The van der Waals surface area contributed by atoms with E-state index in [-0.39, 0.29) is 18.1 Å². The average molecular weight is 317 g/mol. The molecule has 7 heteroatoms. The van der Waals surface area contributed by atoms with Crippen molar-refractivity contribution in [2.24, 2.45) is 0 Å². The van der Waals surface area contributed by atoms with Crippen molar-refractivity contribution in [2.45, 2.75) is 0 Å². The molecule has 0 saturated heterocycles. The molecule has 1 heterocycles. The number of methoxy groups -OCH3 is 1. The van der Waals surface area contributed by atoms with E-state index in [1.807, 2.05) is 0 Å². The number of aromatic nitrogens is 1. The maximum absolute atomic E-state index is 11.5. The van der Waals surface area contributed by atoms with Gasteiger partial charge in [0.15, 0.2) is 6.61 Å². The van der Waals surface area contributed by atoms with E-state index in [2.05, 4.69) is 26.2 Å². The molecule has 6 nitrogen and oxygen atoms in total. The number of esters is 1. The molecule has 0 unspecified atom stereocenters. The van der Waals surface area contributed by atoms with Gasteiger partial charge in [-0.3, -0.25) is 9.78 Å². The van der Waals surface area contributed by atoms with Crippen LogP contribution in [0.5, 0.6) is 0 Å². The molecule has 0 aliphatic rings. The molecule has 0 fully saturated rings. The molecule has 1 rings (SSSR count). The molecule has 0 spiro atoms. The van der Waals surface area contributed by atoms with E-state index in [0.29, 0.717) is 17.6 Å². The van der Waals surface area contributed by atoms with Crippen LogP contribution >= 0.6 is 15.9 Å². The molecule has 0 aliphatic heterocycles. The van der Waals surface area contributed by atoms with Gasteiger partial charge in [-0.1, -0.05) is 0 Å². The first kappa shape index (κ1) is 14.6. The van der Waals surface area contributed by atoms with Crippen molar-refractivity contribution in [3.8, 4) is 0 Å². The molecular formula is C11H13BrN2O4. The third kappa shape index (κ3) is 5.24. The van der Waals surface area contributed by atoms with Gasteiger partial charge in [0.1, 0.15) is 0 Å². The van der Waals surface area contributed by atoms with Gasteiger partial charge in [0, 0.05) is 30.5 Å². The summed E-state index contributed by atoms with van der Waals surface area (Å²) in [5.41, 5.74) is 0.286. The Balaban J connectivity index is 2.35. The SMILES string of the molecule is COCCNC(=O)COC(=O)c1cncc(Br)c1. The average Bonchev–Trinajstić information content (AvgIpc) is 2.36. The minimum atomic E-state index is -0.592. The highest BCUT2D eigenvalue weighted by atomic mass is 79.9. The molecule has 0 radical (unpaired) electrons. The molecule has 0 bridgehead atoms. The van der Waals surface area contributed by atoms with E-state index in [1.54, 1.807) is 12.3 Å². The summed E-state index contributed by atoms with van der Waals surface area (Å²) in [4.78, 5) is 26.6. The lowest BCUT2D eigenvalue weighted by Crippen LogP contribution is -2.31. The maximum Gasteiger partial charge on any atom is 0.340 e. The van der Waals surface area contributed by atoms with Gasteiger partial charge < -0.3 is 14.8 Å². The number of nitrogens with one attached hydrogen (secondary N) is 1. The summed E-state index contributed by atoms with van der Waals surface area (Å²) < 4.78 is 10.3. The summed E-state index contributed by atoms with van der Waals surface area (Å²) in [7, 11) is 1.53. The van der Waals surface area contributed by atoms with Crippen molar-refractivity contribution in [2.75, 3.05) is 26.9 Å². The topological polar surface area (TPSA) is 77.5 Å². The molecule has 1 aromatic heterocycles. The van der Waals surface area contributed by atoms with Crippen LogP contribution in [0.3, 0.4) is 0 Å². The van der Waals surface area contributed by atoms with Gasteiger partial charge in [-0.15, -0.1) is 0 Å². The smallest absolute Gasteiger partial charge is 0.340 e. The Morgan fingerprint density at radius 1 is 1.44 bits per heavy atom. The highest BCUT2D eigenvalue weighted by Crippen LogP contribution is 2.10. The van der Waals surface area contributed by atoms with E-state index in [1.165, 1.54) is 13.3 Å². The lowest BCUT2D eigenvalue weighted by molar-refractivity contribution is -0.124. The van der Waals surface area contributed by atoms with Gasteiger partial charge in [0.05, 0.1) is 12.2 Å². The summed E-state index contributed by atoms with van der Waals surface area (Å²) in [6, 6.07) is 1.57. The van der Waals surface area contributed by atoms with Gasteiger partial charge in [0.2, 0.25) is 0 Å². The van der Waals surface area contributed by atoms with Crippen LogP contribution < -0.4 is 5.32 Å². The third-order valence-electron chi connectivity index (χ3n) is 1.90. The second kappa shape index (κ2) is 7.78. The summed E-state index contributed by atoms with van der Waals surface area (Å²) in [6.45, 7) is 0.468. The normalized spacial score (nSPS) is 9.89. The molecule has 1 aromatic rings. The quantitative estimate of drug-likeness (QED) is 0.619. The fourth-order valence-electron chi connectivity index (χ4n) is 1.08. The summed E-state index contributed by atoms with van der Waals surface area (Å²) in [5.74, 6) is -0.964. The van der Waals surface area contributed by atoms with Crippen molar-refractivity contribution < 1.29 is 19.1 Å². The summed E-state index contributed by atoms with van der Waals surface area (Å²) >= 11 is 3.19. The zero-order chi connectivity index (χ0) is 13.4. The van der Waals surface area contributed by atoms with Crippen LogP contribution in [-0.4, -0.2) is 43.7 Å². The highest BCUT2D eigenvalue weighted by Gasteiger charge is 2.10. The Morgan fingerprint density at radius 2 is 2.22 bits per heavy atom. The first-order valence-corrected chi connectivity index (χ1v) is 5.96. The summed E-state index contributed by atoms with van der Waals surface area (Å²) in [5, 5.41) is 2.54. The number of ether oxygens (including phenoxy) is 2. The van der Waals surface area contributed by atoms with Gasteiger partial charge in [0.25, 0.3) is 5.91 Å². The number of carbonyl (C=O) groups is 2. The molecule has 0 aliphatic carbocycles. The van der Waals surface area contributed by atoms with E-state index >= 15 is 0 Å². The Labute approximate surface area is 113 Å². The highest BCUT2D eigenvalue weighted by molar-refractivity contribution is 9.10. The van der Waals surface area contributed by atoms with Crippen LogP contribution in [0.2, 0.25) is 0 Å². The van der Waals surface area contributed by atoms with Crippen molar-refractivity contribution >= 4 is 27.8 Å². The van der Waals surface area contributed by atoms with Gasteiger partial charge in [-0.05, 0) is 22.0 Å². The van der Waals surface area contributed by atoms with Crippen molar-refractivity contribution in [3.63, 3.8) is 0 Å². The fourth-order valence-corrected chi connectivity index (χ4v) is 1.45. The number of halogens is 1. The maximum atomic E-state index is 11.5. The lowest BCUT2D eigenvalue weighted by Gasteiger charge is -2.06. The minimum Gasteiger partial charge on any atom is -0.452 e. The Bertz CT molecular complexity index is 425. The van der Waals surface area contributed by atoms with Gasteiger partial charge in [-0.2, -0.15) is 0 Å². The van der Waals surface area contributed by atoms with Crippen molar-refractivity contribution in [1.82, 2.24) is 10.3 Å². The molecule has 18 heavy (non-hydrogen) atoms. The Kier molecular flexibility index (Phi) is 6.31. The minimum absolute atomic E-state index is 0.286. The molecule has 98 valence electrons. The Morgan fingerprint density at radius 3 is 2.89 bits per heavy atom. The number of carbonyl (C=O) groups excluding carboxylic acids is 2. The second-order valence-corrected chi connectivity index (χ2v) is 4.23. The summed E-state index contributed by atoms with van der Waals surface area (Å²) in [6.07, 6.45) is 2.92. The third-order valence-corrected chi connectivity index (χ3v) is 2.34. The van der Waals surface area contributed by atoms with Crippen LogP contribution in [0, 0.1) is 0 Å². The van der Waals surface area contributed by atoms with E-state index < -0.39 is 5.97 Å². The second-order valence-electron chi connectivity index (χ2n) is 3.31. The standard InChI is InChI=1S/C11H13BrN2O4/c1-17-3-2-14-10(15)7-18-11(16)8-4-9(12)6-13-5-8/h4-6H,2-3,7H2,1H3,(H,14,15). The molecule has 0 saturated carbocycles. The van der Waals surface area contributed by atoms with Crippen LogP contribution in [-0.2, 0) is 14.3 Å². The predicted octanol–water partition coefficient (Wildman–Crippen LogP) is 0.764. The molecule has 0 aromatic carbocycles. The fraction of sp³-hybridized carbons (Fsp3) is 0.364. The van der Waals surface area contributed by atoms with E-state index in [4.69, 9.17) is 9.47 Å². The lowest BCUT2D eigenvalue weighted by atomic mass is 10.3. The van der Waals surface area contributed by atoms with Crippen LogP contribution in [0.15, 0.2) is 22.9 Å². The predicted molar refractivity (Wildman–Crippen MR) is 67.1 cm³/mol.